The Labute approximate surface area is 120 Å². The van der Waals surface area contributed by atoms with Crippen LogP contribution in [-0.2, 0) is 10.0 Å². The zero-order chi connectivity index (χ0) is 14.9. The Hall–Kier alpha value is -1.66. The lowest BCUT2D eigenvalue weighted by molar-refractivity contribution is 0.592. The second-order valence-electron chi connectivity index (χ2n) is 4.02. The van der Waals surface area contributed by atoms with Gasteiger partial charge in [0, 0.05) is 7.05 Å². The Balaban J connectivity index is 2.42. The maximum atomic E-state index is 13.1. The van der Waals surface area contributed by atoms with Gasteiger partial charge >= 0.3 is 0 Å². The molecule has 2 aromatic carbocycles. The standard InChI is InChI=1S/C13H10ClF2NO2S/c1-17(10-4-7-13(16)12(14)8-10)20(18,19)11-5-2-9(15)3-6-11/h2-8H,1H3. The summed E-state index contributed by atoms with van der Waals surface area (Å²) in [5.74, 6) is -1.17. The van der Waals surface area contributed by atoms with Gasteiger partial charge in [0.25, 0.3) is 10.0 Å². The molecule has 0 saturated heterocycles. The number of halogens is 3. The quantitative estimate of drug-likeness (QED) is 0.869. The number of nitrogens with zero attached hydrogens (tertiary/aromatic N) is 1. The van der Waals surface area contributed by atoms with Crippen LogP contribution in [0.2, 0.25) is 5.02 Å². The summed E-state index contributed by atoms with van der Waals surface area (Å²) < 4.78 is 51.5. The average molecular weight is 318 g/mol. The van der Waals surface area contributed by atoms with E-state index in [9.17, 15) is 17.2 Å². The van der Waals surface area contributed by atoms with Gasteiger partial charge in [0.2, 0.25) is 0 Å². The van der Waals surface area contributed by atoms with E-state index in [-0.39, 0.29) is 15.6 Å². The first-order valence-corrected chi connectivity index (χ1v) is 7.34. The molecule has 0 aliphatic heterocycles. The van der Waals surface area contributed by atoms with E-state index >= 15 is 0 Å². The van der Waals surface area contributed by atoms with E-state index in [0.29, 0.717) is 0 Å². The Kier molecular flexibility index (Phi) is 3.96. The second-order valence-corrected chi connectivity index (χ2v) is 6.40. The van der Waals surface area contributed by atoms with E-state index in [1.807, 2.05) is 0 Å². The van der Waals surface area contributed by atoms with Gasteiger partial charge in [0.1, 0.15) is 11.6 Å². The summed E-state index contributed by atoms with van der Waals surface area (Å²) in [5.41, 5.74) is 0.209. The number of benzene rings is 2. The highest BCUT2D eigenvalue weighted by molar-refractivity contribution is 7.92. The van der Waals surface area contributed by atoms with Crippen LogP contribution in [0.15, 0.2) is 47.4 Å². The Morgan fingerprint density at radius 2 is 1.65 bits per heavy atom. The summed E-state index contributed by atoms with van der Waals surface area (Å²) in [5, 5.41) is -0.177. The van der Waals surface area contributed by atoms with Crippen molar-refractivity contribution in [3.63, 3.8) is 0 Å². The van der Waals surface area contributed by atoms with Crippen LogP contribution < -0.4 is 4.31 Å². The van der Waals surface area contributed by atoms with E-state index in [4.69, 9.17) is 11.6 Å². The zero-order valence-electron chi connectivity index (χ0n) is 10.3. The molecular formula is C13H10ClF2NO2S. The van der Waals surface area contributed by atoms with Gasteiger partial charge in [0.05, 0.1) is 15.6 Å². The molecule has 0 aliphatic rings. The van der Waals surface area contributed by atoms with Crippen molar-refractivity contribution in [1.29, 1.82) is 0 Å². The first-order chi connectivity index (χ1) is 9.32. The Morgan fingerprint density at radius 3 is 2.20 bits per heavy atom. The third kappa shape index (κ3) is 2.76. The largest absolute Gasteiger partial charge is 0.269 e. The molecule has 0 bridgehead atoms. The van der Waals surface area contributed by atoms with Crippen molar-refractivity contribution >= 4 is 27.3 Å². The SMILES string of the molecule is CN(c1ccc(F)c(Cl)c1)S(=O)(=O)c1ccc(F)cc1. The number of sulfonamides is 1. The van der Waals surface area contributed by atoms with Crippen LogP contribution in [0.5, 0.6) is 0 Å². The molecule has 3 nitrogen and oxygen atoms in total. The molecule has 2 aromatic rings. The van der Waals surface area contributed by atoms with E-state index in [1.54, 1.807) is 0 Å². The molecule has 0 spiro atoms. The van der Waals surface area contributed by atoms with E-state index in [0.717, 1.165) is 34.6 Å². The number of hydrogen-bond donors (Lipinski definition) is 0. The van der Waals surface area contributed by atoms with E-state index in [2.05, 4.69) is 0 Å². The minimum absolute atomic E-state index is 0.0677. The summed E-state index contributed by atoms with van der Waals surface area (Å²) in [4.78, 5) is -0.0677. The van der Waals surface area contributed by atoms with Crippen LogP contribution in [-0.4, -0.2) is 15.5 Å². The lowest BCUT2D eigenvalue weighted by Crippen LogP contribution is -2.26. The van der Waals surface area contributed by atoms with Gasteiger partial charge in [-0.2, -0.15) is 0 Å². The monoisotopic (exact) mass is 317 g/mol. The van der Waals surface area contributed by atoms with Crippen molar-refractivity contribution in [2.45, 2.75) is 4.90 Å². The van der Waals surface area contributed by atoms with Crippen LogP contribution in [0, 0.1) is 11.6 Å². The fourth-order valence-electron chi connectivity index (χ4n) is 1.58. The van der Waals surface area contributed by atoms with Gasteiger partial charge in [0.15, 0.2) is 0 Å². The Bertz CT molecular complexity index is 733. The van der Waals surface area contributed by atoms with Crippen molar-refractivity contribution in [2.24, 2.45) is 0 Å². The first kappa shape index (κ1) is 14.7. The average Bonchev–Trinajstić information content (AvgIpc) is 2.41. The highest BCUT2D eigenvalue weighted by atomic mass is 35.5. The van der Waals surface area contributed by atoms with Gasteiger partial charge in [-0.3, -0.25) is 4.31 Å². The number of anilines is 1. The molecule has 0 atom stereocenters. The minimum Gasteiger partial charge on any atom is -0.269 e. The van der Waals surface area contributed by atoms with Crippen molar-refractivity contribution in [3.8, 4) is 0 Å². The molecule has 0 unspecified atom stereocenters. The lowest BCUT2D eigenvalue weighted by Gasteiger charge is -2.19. The van der Waals surface area contributed by atoms with Crippen molar-refractivity contribution in [2.75, 3.05) is 11.4 Å². The van der Waals surface area contributed by atoms with Gasteiger partial charge in [-0.25, -0.2) is 17.2 Å². The molecule has 0 amide bonds. The van der Waals surface area contributed by atoms with Gasteiger partial charge in [-0.15, -0.1) is 0 Å². The van der Waals surface area contributed by atoms with Gasteiger partial charge in [-0.05, 0) is 42.5 Å². The highest BCUT2D eigenvalue weighted by Crippen LogP contribution is 2.26. The molecule has 0 radical (unpaired) electrons. The topological polar surface area (TPSA) is 37.4 Å². The Morgan fingerprint density at radius 1 is 1.05 bits per heavy atom. The van der Waals surface area contributed by atoms with Gasteiger partial charge in [-0.1, -0.05) is 11.6 Å². The maximum Gasteiger partial charge on any atom is 0.264 e. The molecule has 106 valence electrons. The first-order valence-electron chi connectivity index (χ1n) is 5.52. The zero-order valence-corrected chi connectivity index (χ0v) is 11.9. The predicted molar refractivity (Wildman–Crippen MR) is 73.4 cm³/mol. The summed E-state index contributed by atoms with van der Waals surface area (Å²) in [7, 11) is -2.55. The van der Waals surface area contributed by atoms with Crippen molar-refractivity contribution in [1.82, 2.24) is 0 Å². The van der Waals surface area contributed by atoms with Crippen LogP contribution in [0.25, 0.3) is 0 Å². The van der Waals surface area contributed by atoms with Crippen molar-refractivity contribution in [3.05, 3.63) is 59.1 Å². The predicted octanol–water partition coefficient (Wildman–Crippen LogP) is 3.44. The normalized spacial score (nSPS) is 11.4. The minimum atomic E-state index is -3.85. The van der Waals surface area contributed by atoms with Crippen LogP contribution in [0.3, 0.4) is 0 Å². The second kappa shape index (κ2) is 5.38. The summed E-state index contributed by atoms with van der Waals surface area (Å²) >= 11 is 5.63. The molecule has 0 aromatic heterocycles. The number of hydrogen-bond acceptors (Lipinski definition) is 2. The smallest absolute Gasteiger partial charge is 0.264 e. The summed E-state index contributed by atoms with van der Waals surface area (Å²) in [6.07, 6.45) is 0. The van der Waals surface area contributed by atoms with Crippen LogP contribution in [0.4, 0.5) is 14.5 Å². The molecule has 0 saturated carbocycles. The van der Waals surface area contributed by atoms with Gasteiger partial charge < -0.3 is 0 Å². The summed E-state index contributed by atoms with van der Waals surface area (Å²) in [6, 6.07) is 8.00. The fraction of sp³-hybridized carbons (Fsp3) is 0.0769. The van der Waals surface area contributed by atoms with Crippen LogP contribution in [0.1, 0.15) is 0 Å². The molecule has 0 fully saturated rings. The molecule has 7 heteroatoms. The third-order valence-corrected chi connectivity index (χ3v) is 4.83. The maximum absolute atomic E-state index is 13.1. The molecule has 0 N–H and O–H groups in total. The third-order valence-electron chi connectivity index (χ3n) is 2.74. The molecule has 2 rings (SSSR count). The summed E-state index contributed by atoms with van der Waals surface area (Å²) in [6.45, 7) is 0. The molecule has 20 heavy (non-hydrogen) atoms. The van der Waals surface area contributed by atoms with Crippen molar-refractivity contribution < 1.29 is 17.2 Å². The lowest BCUT2D eigenvalue weighted by atomic mass is 10.3. The number of rotatable bonds is 3. The van der Waals surface area contributed by atoms with E-state index in [1.165, 1.54) is 19.2 Å². The molecular weight excluding hydrogens is 308 g/mol. The molecule has 0 aliphatic carbocycles. The van der Waals surface area contributed by atoms with Crippen LogP contribution >= 0.6 is 11.6 Å². The fourth-order valence-corrected chi connectivity index (χ4v) is 2.95. The molecule has 0 heterocycles. The van der Waals surface area contributed by atoms with E-state index < -0.39 is 21.7 Å². The highest BCUT2D eigenvalue weighted by Gasteiger charge is 2.21.